The van der Waals surface area contributed by atoms with Crippen LogP contribution in [0.3, 0.4) is 0 Å². The lowest BCUT2D eigenvalue weighted by atomic mass is 10.1. The summed E-state index contributed by atoms with van der Waals surface area (Å²) in [6.07, 6.45) is 2.17. The fourth-order valence-electron chi connectivity index (χ4n) is 1.84. The van der Waals surface area contributed by atoms with E-state index < -0.39 is 0 Å². The van der Waals surface area contributed by atoms with Crippen molar-refractivity contribution >= 4 is 11.3 Å². The molecule has 1 aromatic rings. The zero-order chi connectivity index (χ0) is 11.4. The second-order valence-corrected chi connectivity index (χ2v) is 5.49. The van der Waals surface area contributed by atoms with Crippen LogP contribution >= 0.6 is 11.3 Å². The molecular weight excluding hydrogens is 220 g/mol. The standard InChI is InChI=1S/C12H20N2OS/c1-9(2)13-5-3-11-8-16-12(14-11)10-4-6-15-7-10/h8-10,13H,3-7H2,1-2H3. The molecule has 3 nitrogen and oxygen atoms in total. The Hall–Kier alpha value is -0.450. The molecule has 1 unspecified atom stereocenters. The molecule has 0 aromatic carbocycles. The minimum atomic E-state index is 0.553. The molecule has 0 spiro atoms. The Bertz CT molecular complexity index is 319. The highest BCUT2D eigenvalue weighted by molar-refractivity contribution is 7.09. The third kappa shape index (κ3) is 3.27. The van der Waals surface area contributed by atoms with Crippen LogP contribution in [0.25, 0.3) is 0 Å². The first-order valence-corrected chi connectivity index (χ1v) is 6.89. The molecule has 0 bridgehead atoms. The van der Waals surface area contributed by atoms with Gasteiger partial charge in [0.15, 0.2) is 0 Å². The van der Waals surface area contributed by atoms with E-state index in [1.807, 2.05) is 0 Å². The van der Waals surface area contributed by atoms with Crippen LogP contribution in [0.15, 0.2) is 5.38 Å². The molecule has 2 heterocycles. The molecule has 90 valence electrons. The highest BCUT2D eigenvalue weighted by Gasteiger charge is 2.20. The molecule has 1 atom stereocenters. The summed E-state index contributed by atoms with van der Waals surface area (Å²) in [6, 6.07) is 0.557. The van der Waals surface area contributed by atoms with Gasteiger partial charge in [0.1, 0.15) is 0 Å². The van der Waals surface area contributed by atoms with Crippen molar-refractivity contribution in [2.24, 2.45) is 0 Å². The molecule has 0 saturated carbocycles. The number of rotatable bonds is 5. The fraction of sp³-hybridized carbons (Fsp3) is 0.750. The lowest BCUT2D eigenvalue weighted by molar-refractivity contribution is 0.194. The maximum absolute atomic E-state index is 5.39. The van der Waals surface area contributed by atoms with E-state index in [2.05, 4.69) is 29.5 Å². The first-order chi connectivity index (χ1) is 7.75. The van der Waals surface area contributed by atoms with Crippen molar-refractivity contribution in [2.45, 2.75) is 38.6 Å². The first kappa shape index (κ1) is 12.0. The molecule has 0 aliphatic carbocycles. The molecule has 0 amide bonds. The van der Waals surface area contributed by atoms with E-state index in [0.29, 0.717) is 12.0 Å². The number of nitrogens with one attached hydrogen (secondary N) is 1. The molecule has 16 heavy (non-hydrogen) atoms. The Morgan fingerprint density at radius 3 is 3.19 bits per heavy atom. The van der Waals surface area contributed by atoms with Crippen LogP contribution in [0.5, 0.6) is 0 Å². The van der Waals surface area contributed by atoms with E-state index in [0.717, 1.165) is 32.6 Å². The van der Waals surface area contributed by atoms with Crippen LogP contribution < -0.4 is 5.32 Å². The smallest absolute Gasteiger partial charge is 0.0983 e. The largest absolute Gasteiger partial charge is 0.381 e. The van der Waals surface area contributed by atoms with E-state index in [1.54, 1.807) is 11.3 Å². The van der Waals surface area contributed by atoms with Gasteiger partial charge in [-0.25, -0.2) is 4.98 Å². The summed E-state index contributed by atoms with van der Waals surface area (Å²) >= 11 is 1.79. The van der Waals surface area contributed by atoms with Crippen LogP contribution in [-0.2, 0) is 11.2 Å². The Kier molecular flexibility index (Phi) is 4.32. The Balaban J connectivity index is 1.82. The summed E-state index contributed by atoms with van der Waals surface area (Å²) in [5.74, 6) is 0.553. The van der Waals surface area contributed by atoms with Crippen LogP contribution in [-0.4, -0.2) is 30.8 Å². The third-order valence-corrected chi connectivity index (χ3v) is 3.84. The summed E-state index contributed by atoms with van der Waals surface area (Å²) in [5.41, 5.74) is 1.22. The van der Waals surface area contributed by atoms with E-state index in [-0.39, 0.29) is 0 Å². The third-order valence-electron chi connectivity index (χ3n) is 2.78. The van der Waals surface area contributed by atoms with Crippen molar-refractivity contribution in [3.63, 3.8) is 0 Å². The molecule has 1 N–H and O–H groups in total. The van der Waals surface area contributed by atoms with Gasteiger partial charge in [-0.05, 0) is 6.42 Å². The summed E-state index contributed by atoms with van der Waals surface area (Å²) < 4.78 is 5.39. The molecular formula is C12H20N2OS. The monoisotopic (exact) mass is 240 g/mol. The normalized spacial score (nSPS) is 20.8. The average molecular weight is 240 g/mol. The van der Waals surface area contributed by atoms with Gasteiger partial charge in [0.2, 0.25) is 0 Å². The molecule has 1 aliphatic heterocycles. The molecule has 4 heteroatoms. The van der Waals surface area contributed by atoms with Gasteiger partial charge in [0.25, 0.3) is 0 Å². The molecule has 1 aromatic heterocycles. The van der Waals surface area contributed by atoms with Crippen LogP contribution in [0.1, 0.15) is 36.9 Å². The van der Waals surface area contributed by atoms with E-state index in [9.17, 15) is 0 Å². The van der Waals surface area contributed by atoms with Crippen LogP contribution in [0.4, 0.5) is 0 Å². The summed E-state index contributed by atoms with van der Waals surface area (Å²) in [5, 5.41) is 6.86. The van der Waals surface area contributed by atoms with E-state index in [1.165, 1.54) is 10.7 Å². The Morgan fingerprint density at radius 2 is 2.50 bits per heavy atom. The molecule has 1 aliphatic rings. The van der Waals surface area contributed by atoms with Gasteiger partial charge < -0.3 is 10.1 Å². The molecule has 1 saturated heterocycles. The van der Waals surface area contributed by atoms with Gasteiger partial charge in [-0.15, -0.1) is 11.3 Å². The second kappa shape index (κ2) is 5.75. The highest BCUT2D eigenvalue weighted by Crippen LogP contribution is 2.27. The van der Waals surface area contributed by atoms with Crippen molar-refractivity contribution in [2.75, 3.05) is 19.8 Å². The minimum absolute atomic E-state index is 0.553. The number of hydrogen-bond acceptors (Lipinski definition) is 4. The van der Waals surface area contributed by atoms with Crippen molar-refractivity contribution < 1.29 is 4.74 Å². The topological polar surface area (TPSA) is 34.1 Å². The lowest BCUT2D eigenvalue weighted by Gasteiger charge is -2.06. The maximum atomic E-state index is 5.39. The second-order valence-electron chi connectivity index (χ2n) is 4.60. The zero-order valence-corrected chi connectivity index (χ0v) is 10.8. The maximum Gasteiger partial charge on any atom is 0.0983 e. The first-order valence-electron chi connectivity index (χ1n) is 6.01. The Labute approximate surface area is 101 Å². The predicted molar refractivity (Wildman–Crippen MR) is 67.1 cm³/mol. The SMILES string of the molecule is CC(C)NCCc1csc(C2CCOC2)n1. The van der Waals surface area contributed by atoms with Gasteiger partial charge in [-0.3, -0.25) is 0 Å². The number of nitrogens with zero attached hydrogens (tertiary/aromatic N) is 1. The number of thiazole rings is 1. The van der Waals surface area contributed by atoms with Gasteiger partial charge in [-0.1, -0.05) is 13.8 Å². The van der Waals surface area contributed by atoms with Gasteiger partial charge in [0.05, 0.1) is 17.3 Å². The summed E-state index contributed by atoms with van der Waals surface area (Å²) in [7, 11) is 0. The van der Waals surface area contributed by atoms with Gasteiger partial charge in [0, 0.05) is 36.9 Å². The van der Waals surface area contributed by atoms with E-state index >= 15 is 0 Å². The molecule has 2 rings (SSSR count). The van der Waals surface area contributed by atoms with Crippen LogP contribution in [0.2, 0.25) is 0 Å². The molecule has 1 fully saturated rings. The quantitative estimate of drug-likeness (QED) is 0.856. The zero-order valence-electron chi connectivity index (χ0n) is 10.0. The van der Waals surface area contributed by atoms with Crippen LogP contribution in [0, 0.1) is 0 Å². The lowest BCUT2D eigenvalue weighted by Crippen LogP contribution is -2.25. The summed E-state index contributed by atoms with van der Waals surface area (Å²) in [6.45, 7) is 7.11. The van der Waals surface area contributed by atoms with Crippen molar-refractivity contribution in [3.05, 3.63) is 16.1 Å². The number of ether oxygens (including phenoxy) is 1. The predicted octanol–water partition coefficient (Wildman–Crippen LogP) is 2.19. The minimum Gasteiger partial charge on any atom is -0.381 e. The number of aromatic nitrogens is 1. The van der Waals surface area contributed by atoms with Gasteiger partial charge in [-0.2, -0.15) is 0 Å². The average Bonchev–Trinajstić information content (AvgIpc) is 2.85. The highest BCUT2D eigenvalue weighted by atomic mass is 32.1. The fourth-order valence-corrected chi connectivity index (χ4v) is 2.82. The van der Waals surface area contributed by atoms with Crippen molar-refractivity contribution in [1.29, 1.82) is 0 Å². The summed E-state index contributed by atoms with van der Waals surface area (Å²) in [4.78, 5) is 4.69. The van der Waals surface area contributed by atoms with E-state index in [4.69, 9.17) is 4.74 Å². The Morgan fingerprint density at radius 1 is 1.62 bits per heavy atom. The number of hydrogen-bond donors (Lipinski definition) is 1. The molecule has 0 radical (unpaired) electrons. The van der Waals surface area contributed by atoms with Crippen molar-refractivity contribution in [1.82, 2.24) is 10.3 Å². The van der Waals surface area contributed by atoms with Crippen molar-refractivity contribution in [3.8, 4) is 0 Å². The van der Waals surface area contributed by atoms with Gasteiger partial charge >= 0.3 is 0 Å².